The van der Waals surface area contributed by atoms with Crippen LogP contribution in [0, 0.1) is 0 Å². The third kappa shape index (κ3) is 4.20. The van der Waals surface area contributed by atoms with Crippen molar-refractivity contribution >= 4 is 11.9 Å². The fraction of sp³-hybridized carbons (Fsp3) is 0.0455. The van der Waals surface area contributed by atoms with E-state index >= 15 is 0 Å². The lowest BCUT2D eigenvalue weighted by Crippen LogP contribution is -2.02. The largest absolute Gasteiger partial charge is 0.488 e. The van der Waals surface area contributed by atoms with Gasteiger partial charge in [0, 0.05) is 0 Å². The molecule has 0 aliphatic heterocycles. The lowest BCUT2D eigenvalue weighted by atomic mass is 10.1. The van der Waals surface area contributed by atoms with Crippen LogP contribution in [-0.2, 0) is 6.61 Å². The Labute approximate surface area is 142 Å². The van der Waals surface area contributed by atoms with Gasteiger partial charge in [-0.1, -0.05) is 78.9 Å². The molecule has 24 heavy (non-hydrogen) atoms. The molecule has 0 aliphatic rings. The number of ketones is 1. The number of para-hydroxylation sites is 1. The fourth-order valence-electron chi connectivity index (χ4n) is 2.36. The molecule has 3 aromatic carbocycles. The summed E-state index contributed by atoms with van der Waals surface area (Å²) in [5, 5.41) is 0. The maximum Gasteiger partial charge on any atom is 0.189 e. The van der Waals surface area contributed by atoms with E-state index in [0.29, 0.717) is 17.9 Å². The van der Waals surface area contributed by atoms with E-state index < -0.39 is 0 Å². The van der Waals surface area contributed by atoms with E-state index in [0.717, 1.165) is 11.1 Å². The first kappa shape index (κ1) is 15.8. The summed E-state index contributed by atoms with van der Waals surface area (Å²) in [6, 6.07) is 27.0. The highest BCUT2D eigenvalue weighted by atomic mass is 16.5. The van der Waals surface area contributed by atoms with Gasteiger partial charge in [0.25, 0.3) is 0 Å². The molecule has 0 heterocycles. The molecule has 0 radical (unpaired) electrons. The maximum atomic E-state index is 12.5. The molecular weight excluding hydrogens is 296 g/mol. The monoisotopic (exact) mass is 314 g/mol. The minimum absolute atomic E-state index is 0.0671. The van der Waals surface area contributed by atoms with Crippen LogP contribution >= 0.6 is 0 Å². The number of carbonyl (C=O) groups excluding carboxylic acids is 1. The second-order valence-corrected chi connectivity index (χ2v) is 5.38. The summed E-state index contributed by atoms with van der Waals surface area (Å²) >= 11 is 0. The van der Waals surface area contributed by atoms with Crippen molar-refractivity contribution in [1.82, 2.24) is 0 Å². The highest BCUT2D eigenvalue weighted by Crippen LogP contribution is 2.20. The first-order valence-corrected chi connectivity index (χ1v) is 7.86. The molecule has 2 nitrogen and oxygen atoms in total. The molecule has 0 spiro atoms. The van der Waals surface area contributed by atoms with Crippen LogP contribution in [0.2, 0.25) is 0 Å². The standard InChI is InChI=1S/C22H18O2/c23-21(16-15-18-9-3-1-4-10-18)20-13-7-8-14-22(20)24-17-19-11-5-2-6-12-19/h1-16H,17H2/b16-15-. The predicted molar refractivity (Wildman–Crippen MR) is 97.0 cm³/mol. The van der Waals surface area contributed by atoms with E-state index in [1.807, 2.05) is 84.9 Å². The van der Waals surface area contributed by atoms with Gasteiger partial charge in [0.05, 0.1) is 5.56 Å². The highest BCUT2D eigenvalue weighted by Gasteiger charge is 2.09. The van der Waals surface area contributed by atoms with Crippen LogP contribution in [0.4, 0.5) is 0 Å². The van der Waals surface area contributed by atoms with Gasteiger partial charge in [0.1, 0.15) is 12.4 Å². The van der Waals surface area contributed by atoms with Crippen molar-refractivity contribution in [2.24, 2.45) is 0 Å². The van der Waals surface area contributed by atoms with Crippen LogP contribution in [0.1, 0.15) is 21.5 Å². The molecule has 3 aromatic rings. The minimum atomic E-state index is -0.0671. The second-order valence-electron chi connectivity index (χ2n) is 5.38. The summed E-state index contributed by atoms with van der Waals surface area (Å²) in [4.78, 5) is 12.5. The first-order valence-electron chi connectivity index (χ1n) is 7.86. The average Bonchev–Trinajstić information content (AvgIpc) is 2.66. The number of carbonyl (C=O) groups is 1. The summed E-state index contributed by atoms with van der Waals surface area (Å²) < 4.78 is 5.84. The summed E-state index contributed by atoms with van der Waals surface area (Å²) in [5.41, 5.74) is 2.63. The van der Waals surface area contributed by atoms with Crippen LogP contribution in [0.3, 0.4) is 0 Å². The smallest absolute Gasteiger partial charge is 0.189 e. The zero-order chi connectivity index (χ0) is 16.6. The van der Waals surface area contributed by atoms with Crippen molar-refractivity contribution < 1.29 is 9.53 Å². The Morgan fingerprint density at radius 3 is 2.17 bits per heavy atom. The quantitative estimate of drug-likeness (QED) is 0.464. The SMILES string of the molecule is O=C(/C=C\c1ccccc1)c1ccccc1OCc1ccccc1. The first-order chi connectivity index (χ1) is 11.8. The van der Waals surface area contributed by atoms with Crippen molar-refractivity contribution in [3.05, 3.63) is 108 Å². The molecule has 0 fully saturated rings. The zero-order valence-corrected chi connectivity index (χ0v) is 13.3. The van der Waals surface area contributed by atoms with Crippen molar-refractivity contribution in [2.75, 3.05) is 0 Å². The zero-order valence-electron chi connectivity index (χ0n) is 13.3. The lowest BCUT2D eigenvalue weighted by Gasteiger charge is -2.09. The normalized spacial score (nSPS) is 10.7. The van der Waals surface area contributed by atoms with E-state index in [9.17, 15) is 4.79 Å². The molecule has 118 valence electrons. The van der Waals surface area contributed by atoms with Crippen LogP contribution in [0.15, 0.2) is 91.0 Å². The molecule has 0 aliphatic carbocycles. The number of rotatable bonds is 6. The van der Waals surface area contributed by atoms with Crippen LogP contribution in [0.25, 0.3) is 6.08 Å². The van der Waals surface area contributed by atoms with Crippen molar-refractivity contribution in [3.63, 3.8) is 0 Å². The highest BCUT2D eigenvalue weighted by molar-refractivity contribution is 6.08. The molecule has 0 amide bonds. The van der Waals surface area contributed by atoms with Gasteiger partial charge in [-0.05, 0) is 29.3 Å². The van der Waals surface area contributed by atoms with Gasteiger partial charge in [-0.15, -0.1) is 0 Å². The van der Waals surface area contributed by atoms with Crippen molar-refractivity contribution in [3.8, 4) is 5.75 Å². The summed E-state index contributed by atoms with van der Waals surface area (Å²) in [7, 11) is 0. The Kier molecular flexibility index (Phi) is 5.21. The Morgan fingerprint density at radius 2 is 1.42 bits per heavy atom. The molecule has 0 aromatic heterocycles. The van der Waals surface area contributed by atoms with Crippen molar-refractivity contribution in [2.45, 2.75) is 6.61 Å². The van der Waals surface area contributed by atoms with Gasteiger partial charge in [-0.25, -0.2) is 0 Å². The van der Waals surface area contributed by atoms with Gasteiger partial charge in [-0.3, -0.25) is 4.79 Å². The Morgan fingerprint density at radius 1 is 0.792 bits per heavy atom. The number of hydrogen-bond acceptors (Lipinski definition) is 2. The summed E-state index contributed by atoms with van der Waals surface area (Å²) in [6.07, 6.45) is 3.40. The molecule has 0 atom stereocenters. The minimum Gasteiger partial charge on any atom is -0.488 e. The van der Waals surface area contributed by atoms with Crippen molar-refractivity contribution in [1.29, 1.82) is 0 Å². The summed E-state index contributed by atoms with van der Waals surface area (Å²) in [6.45, 7) is 0.438. The van der Waals surface area contributed by atoms with Crippen LogP contribution in [-0.4, -0.2) is 5.78 Å². The maximum absolute atomic E-state index is 12.5. The van der Waals surface area contributed by atoms with E-state index in [4.69, 9.17) is 4.74 Å². The third-order valence-corrected chi connectivity index (χ3v) is 3.62. The van der Waals surface area contributed by atoms with Crippen LogP contribution in [0.5, 0.6) is 5.75 Å². The predicted octanol–water partition coefficient (Wildman–Crippen LogP) is 5.16. The lowest BCUT2D eigenvalue weighted by molar-refractivity contribution is 0.104. The third-order valence-electron chi connectivity index (χ3n) is 3.62. The summed E-state index contributed by atoms with van der Waals surface area (Å²) in [5.74, 6) is 0.534. The molecule has 0 unspecified atom stereocenters. The van der Waals surface area contributed by atoms with E-state index in [2.05, 4.69) is 0 Å². The van der Waals surface area contributed by atoms with Gasteiger partial charge < -0.3 is 4.74 Å². The van der Waals surface area contributed by atoms with Gasteiger partial charge in [0.15, 0.2) is 5.78 Å². The van der Waals surface area contributed by atoms with Gasteiger partial charge in [0.2, 0.25) is 0 Å². The molecular formula is C22H18O2. The molecule has 0 saturated carbocycles. The Bertz CT molecular complexity index is 821. The molecule has 0 bridgehead atoms. The topological polar surface area (TPSA) is 26.3 Å². The van der Waals surface area contributed by atoms with E-state index in [1.54, 1.807) is 12.1 Å². The number of allylic oxidation sites excluding steroid dienone is 1. The Hall–Kier alpha value is -3.13. The number of ether oxygens (including phenoxy) is 1. The van der Waals surface area contributed by atoms with E-state index in [-0.39, 0.29) is 5.78 Å². The fourth-order valence-corrected chi connectivity index (χ4v) is 2.36. The number of benzene rings is 3. The second kappa shape index (κ2) is 7.93. The average molecular weight is 314 g/mol. The molecule has 0 N–H and O–H groups in total. The van der Waals surface area contributed by atoms with Gasteiger partial charge in [-0.2, -0.15) is 0 Å². The van der Waals surface area contributed by atoms with E-state index in [1.165, 1.54) is 0 Å². The molecule has 3 rings (SSSR count). The molecule has 2 heteroatoms. The van der Waals surface area contributed by atoms with Crippen LogP contribution < -0.4 is 4.74 Å². The Balaban J connectivity index is 1.73. The molecule has 0 saturated heterocycles. The van der Waals surface area contributed by atoms with Gasteiger partial charge >= 0.3 is 0 Å². The number of hydrogen-bond donors (Lipinski definition) is 0.